The maximum absolute atomic E-state index is 12.1. The van der Waals surface area contributed by atoms with Gasteiger partial charge in [-0.1, -0.05) is 40.5 Å². The third-order valence-electron chi connectivity index (χ3n) is 6.22. The lowest BCUT2D eigenvalue weighted by Crippen LogP contribution is -2.47. The highest BCUT2D eigenvalue weighted by Crippen LogP contribution is 2.82. The first-order chi connectivity index (χ1) is 8.82. The van der Waals surface area contributed by atoms with Gasteiger partial charge >= 0.3 is 5.97 Å². The molecular formula is C16H25NO2. The van der Waals surface area contributed by atoms with Crippen LogP contribution in [0, 0.1) is 39.4 Å². The number of aliphatic carboxylic acids is 1. The molecule has 0 saturated heterocycles. The Morgan fingerprint density at radius 3 is 2.53 bits per heavy atom. The van der Waals surface area contributed by atoms with E-state index in [1.807, 2.05) is 13.8 Å². The van der Waals surface area contributed by atoms with Crippen LogP contribution in [0.3, 0.4) is 0 Å². The number of carboxylic acids is 1. The molecule has 1 N–H and O–H groups in total. The minimum absolute atomic E-state index is 0.171. The van der Waals surface area contributed by atoms with E-state index < -0.39 is 16.8 Å². The zero-order valence-corrected chi connectivity index (χ0v) is 12.5. The second-order valence-electron chi connectivity index (χ2n) is 7.05. The predicted octanol–water partition coefficient (Wildman–Crippen LogP) is 3.84. The molecule has 0 bridgehead atoms. The molecule has 3 nitrogen and oxygen atoms in total. The first-order valence-electron chi connectivity index (χ1n) is 7.47. The third-order valence-corrected chi connectivity index (χ3v) is 6.22. The van der Waals surface area contributed by atoms with Crippen molar-refractivity contribution < 1.29 is 9.90 Å². The maximum Gasteiger partial charge on any atom is 0.312 e. The molecule has 19 heavy (non-hydrogen) atoms. The smallest absolute Gasteiger partial charge is 0.312 e. The zero-order valence-electron chi connectivity index (χ0n) is 12.5. The fourth-order valence-electron chi connectivity index (χ4n) is 5.15. The average Bonchev–Trinajstić information content (AvgIpc) is 2.87. The molecule has 0 amide bonds. The predicted molar refractivity (Wildman–Crippen MR) is 73.3 cm³/mol. The lowest BCUT2D eigenvalue weighted by molar-refractivity contribution is -0.154. The minimum atomic E-state index is -0.818. The van der Waals surface area contributed by atoms with Gasteiger partial charge in [0.1, 0.15) is 0 Å². The van der Waals surface area contributed by atoms with Crippen molar-refractivity contribution in [1.29, 1.82) is 5.26 Å². The molecule has 2 aliphatic carbocycles. The van der Waals surface area contributed by atoms with Crippen LogP contribution in [-0.4, -0.2) is 11.1 Å². The van der Waals surface area contributed by atoms with E-state index in [1.165, 1.54) is 0 Å². The van der Waals surface area contributed by atoms with Crippen molar-refractivity contribution in [2.24, 2.45) is 28.1 Å². The van der Waals surface area contributed by atoms with Gasteiger partial charge < -0.3 is 5.11 Å². The van der Waals surface area contributed by atoms with Gasteiger partial charge in [0.15, 0.2) is 0 Å². The number of fused-ring (bicyclic) bond motifs is 1. The number of carboxylic acid groups (broad SMARTS) is 1. The van der Waals surface area contributed by atoms with Crippen LogP contribution in [0.15, 0.2) is 0 Å². The number of rotatable bonds is 4. The highest BCUT2D eigenvalue weighted by atomic mass is 16.4. The van der Waals surface area contributed by atoms with Crippen LogP contribution >= 0.6 is 0 Å². The third kappa shape index (κ3) is 1.41. The van der Waals surface area contributed by atoms with Crippen LogP contribution in [0.2, 0.25) is 0 Å². The van der Waals surface area contributed by atoms with Gasteiger partial charge in [-0.25, -0.2) is 0 Å². The second kappa shape index (κ2) is 4.23. The summed E-state index contributed by atoms with van der Waals surface area (Å²) in [4.78, 5) is 12.1. The molecule has 3 heteroatoms. The van der Waals surface area contributed by atoms with Gasteiger partial charge in [0.05, 0.1) is 16.9 Å². The molecule has 0 aromatic carbocycles. The van der Waals surface area contributed by atoms with Crippen molar-refractivity contribution >= 4 is 5.97 Å². The van der Waals surface area contributed by atoms with E-state index in [0.29, 0.717) is 0 Å². The van der Waals surface area contributed by atoms with Crippen LogP contribution in [-0.2, 0) is 4.79 Å². The van der Waals surface area contributed by atoms with Crippen molar-refractivity contribution in [2.75, 3.05) is 0 Å². The number of hydrogen-bond acceptors (Lipinski definition) is 2. The minimum Gasteiger partial charge on any atom is -0.481 e. The van der Waals surface area contributed by atoms with Crippen LogP contribution in [0.4, 0.5) is 0 Å². The summed E-state index contributed by atoms with van der Waals surface area (Å²) in [6.45, 7) is 8.26. The average molecular weight is 263 g/mol. The number of nitrogens with zero attached hydrogens (tertiary/aromatic N) is 1. The number of carbonyl (C=O) groups is 1. The van der Waals surface area contributed by atoms with Crippen molar-refractivity contribution in [3.8, 4) is 6.07 Å². The number of nitriles is 1. The molecule has 0 radical (unpaired) electrons. The molecule has 4 atom stereocenters. The SMILES string of the molecule is CCCCC1(C#N)C(C)CCC2C(C)(C)C21C(=O)O. The topological polar surface area (TPSA) is 61.1 Å². The Morgan fingerprint density at radius 1 is 1.42 bits per heavy atom. The Morgan fingerprint density at radius 2 is 2.05 bits per heavy atom. The Bertz CT molecular complexity index is 437. The molecule has 106 valence electrons. The largest absolute Gasteiger partial charge is 0.481 e. The fourth-order valence-corrected chi connectivity index (χ4v) is 5.15. The Labute approximate surface area is 116 Å². The number of hydrogen-bond donors (Lipinski definition) is 1. The van der Waals surface area contributed by atoms with E-state index in [1.54, 1.807) is 0 Å². The lowest BCUT2D eigenvalue weighted by atomic mass is 9.57. The van der Waals surface area contributed by atoms with Gasteiger partial charge in [-0.15, -0.1) is 0 Å². The van der Waals surface area contributed by atoms with Crippen LogP contribution in [0.1, 0.15) is 59.8 Å². The standard InChI is InChI=1S/C16H25NO2/c1-5-6-9-15(10-17)11(2)7-8-12-14(3,4)16(12,15)13(18)19/h11-12H,5-9H2,1-4H3,(H,18,19). The van der Waals surface area contributed by atoms with E-state index in [4.69, 9.17) is 0 Å². The summed E-state index contributed by atoms with van der Waals surface area (Å²) in [6.07, 6.45) is 4.62. The maximum atomic E-state index is 12.1. The van der Waals surface area contributed by atoms with E-state index in [-0.39, 0.29) is 17.3 Å². The van der Waals surface area contributed by atoms with Crippen LogP contribution in [0.5, 0.6) is 0 Å². The quantitative estimate of drug-likeness (QED) is 0.838. The van der Waals surface area contributed by atoms with Gasteiger partial charge in [-0.2, -0.15) is 5.26 Å². The normalized spacial score (nSPS) is 43.1. The summed E-state index contributed by atoms with van der Waals surface area (Å²) in [6, 6.07) is 2.49. The molecule has 0 spiro atoms. The van der Waals surface area contributed by atoms with Crippen molar-refractivity contribution in [3.05, 3.63) is 0 Å². The first kappa shape index (κ1) is 14.4. The number of unbranched alkanes of at least 4 members (excludes halogenated alkanes) is 1. The fraction of sp³-hybridized carbons (Fsp3) is 0.875. The van der Waals surface area contributed by atoms with Gasteiger partial charge in [0.2, 0.25) is 0 Å². The van der Waals surface area contributed by atoms with Crippen LogP contribution in [0.25, 0.3) is 0 Å². The monoisotopic (exact) mass is 263 g/mol. The Hall–Kier alpha value is -1.04. The van der Waals surface area contributed by atoms with Gasteiger partial charge in [-0.05, 0) is 36.5 Å². The van der Waals surface area contributed by atoms with Crippen molar-refractivity contribution in [1.82, 2.24) is 0 Å². The van der Waals surface area contributed by atoms with Gasteiger partial charge in [0.25, 0.3) is 0 Å². The highest BCUT2D eigenvalue weighted by molar-refractivity contribution is 5.83. The van der Waals surface area contributed by atoms with Crippen molar-refractivity contribution in [3.63, 3.8) is 0 Å². The molecular weight excluding hydrogens is 238 g/mol. The molecule has 0 aromatic heterocycles. The van der Waals surface area contributed by atoms with Gasteiger partial charge in [-0.3, -0.25) is 4.79 Å². The van der Waals surface area contributed by atoms with E-state index in [9.17, 15) is 15.2 Å². The highest BCUT2D eigenvalue weighted by Gasteiger charge is 2.85. The summed E-state index contributed by atoms with van der Waals surface area (Å²) < 4.78 is 0. The van der Waals surface area contributed by atoms with Crippen LogP contribution < -0.4 is 0 Å². The summed E-state index contributed by atoms with van der Waals surface area (Å²) in [5.41, 5.74) is -1.74. The van der Waals surface area contributed by atoms with E-state index in [0.717, 1.165) is 32.1 Å². The lowest BCUT2D eigenvalue weighted by Gasteiger charge is -2.43. The molecule has 2 rings (SSSR count). The Balaban J connectivity index is 2.53. The summed E-state index contributed by atoms with van der Waals surface area (Å²) in [5, 5.41) is 19.8. The summed E-state index contributed by atoms with van der Waals surface area (Å²) in [7, 11) is 0. The molecule has 4 unspecified atom stereocenters. The zero-order chi connectivity index (χ0) is 14.5. The Kier molecular flexibility index (Phi) is 3.20. The molecule has 0 heterocycles. The van der Waals surface area contributed by atoms with Crippen molar-refractivity contribution in [2.45, 2.75) is 59.8 Å². The second-order valence-corrected chi connectivity index (χ2v) is 7.05. The van der Waals surface area contributed by atoms with Gasteiger partial charge in [0, 0.05) is 0 Å². The molecule has 2 saturated carbocycles. The molecule has 2 aliphatic rings. The van der Waals surface area contributed by atoms with E-state index in [2.05, 4.69) is 19.9 Å². The van der Waals surface area contributed by atoms with E-state index >= 15 is 0 Å². The molecule has 0 aliphatic heterocycles. The first-order valence-corrected chi connectivity index (χ1v) is 7.47. The summed E-state index contributed by atoms with van der Waals surface area (Å²) in [5.74, 6) is -0.393. The molecule has 2 fully saturated rings. The molecule has 0 aromatic rings. The summed E-state index contributed by atoms with van der Waals surface area (Å²) >= 11 is 0.